The molecule has 0 spiro atoms. The summed E-state index contributed by atoms with van der Waals surface area (Å²) in [6.45, 7) is 4.85. The fourth-order valence-electron chi connectivity index (χ4n) is 11.3. The number of thioether (sulfide) groups is 1. The monoisotopic (exact) mass is 1340 g/mol. The smallest absolute Gasteiger partial charge is 0.245 e. The summed E-state index contributed by atoms with van der Waals surface area (Å²) in [4.78, 5) is 163. The molecule has 522 valence electrons. The van der Waals surface area contributed by atoms with Crippen LogP contribution in [0.15, 0.2) is 65.7 Å². The summed E-state index contributed by atoms with van der Waals surface area (Å²) in [5, 5.41) is 27.3. The van der Waals surface area contributed by atoms with E-state index in [4.69, 9.17) is 45.1 Å². The largest absolute Gasteiger partial charge is 0.370 e. The van der Waals surface area contributed by atoms with E-state index in [1.165, 1.54) is 21.6 Å². The highest BCUT2D eigenvalue weighted by Gasteiger charge is 2.42. The van der Waals surface area contributed by atoms with Crippen molar-refractivity contribution < 1.29 is 52.7 Å². The van der Waals surface area contributed by atoms with Crippen molar-refractivity contribution in [3.63, 3.8) is 0 Å². The van der Waals surface area contributed by atoms with E-state index in [0.29, 0.717) is 75.1 Å². The van der Waals surface area contributed by atoms with Gasteiger partial charge >= 0.3 is 0 Å². The first-order valence-electron chi connectivity index (χ1n) is 32.4. The van der Waals surface area contributed by atoms with E-state index < -0.39 is 138 Å². The number of nitrogens with two attached hydrogens (primary N) is 7. The van der Waals surface area contributed by atoms with Crippen LogP contribution in [0.1, 0.15) is 139 Å². The molecule has 31 nitrogen and oxygen atoms in total. The number of unbranched alkanes of at least 4 members (excludes halogenated alkanes) is 1. The number of guanidine groups is 1. The summed E-state index contributed by atoms with van der Waals surface area (Å²) >= 11 is 1.52. The second-order valence-electron chi connectivity index (χ2n) is 24.4. The first-order valence-corrected chi connectivity index (χ1v) is 33.8. The number of H-pyrrole nitrogens is 1. The summed E-state index contributed by atoms with van der Waals surface area (Å²) in [5.41, 5.74) is 41.1. The first kappa shape index (κ1) is 77.0. The molecule has 3 aromatic rings. The average Bonchev–Trinajstić information content (AvgIpc) is 1.77. The summed E-state index contributed by atoms with van der Waals surface area (Å²) < 4.78 is 0. The molecule has 1 aromatic heterocycles. The standard InChI is InChI=1S/C63H98N20O11S/c1-37(2)33-46(57(89)73-41(53(68)86)27-32-95-3)72-36-52-79-54(81-80-52)45(34-38-15-6-4-7-16-38)77-58(90)47(35-39-17-8-5-9-18-39)78-56(88)42(23-25-50(66)84)74-55(87)43(24-26-51(67)85)75-59(91)49-22-14-31-83(49)62(94)44(20-10-11-28-64)76-60(92)48-21-13-30-82(48)61(93)40(65)19-12-29-71-63(69)70/h4-9,15-18,37,40-49,72H,10-14,19-36,64-65H2,1-3H3,(H2,66,84)(H2,67,85)(H2,68,86)(H,73,89)(H,74,87)(H,75,91)(H,76,92)(H,77,90)(H,78,88)(H4,69,70,71)(H,79,80,81)/t40-,41-,42-,43-,44-,45-,46-,47-,48-,49-/m0/s1. The number of carbonyl (C=O) groups is 11. The van der Waals surface area contributed by atoms with Gasteiger partial charge in [-0.25, -0.2) is 4.98 Å². The van der Waals surface area contributed by atoms with Gasteiger partial charge in [0.1, 0.15) is 48.1 Å². The zero-order valence-electron chi connectivity index (χ0n) is 54.6. The number of amides is 11. The van der Waals surface area contributed by atoms with Gasteiger partial charge in [-0.1, -0.05) is 74.5 Å². The van der Waals surface area contributed by atoms with Crippen LogP contribution in [0.5, 0.6) is 0 Å². The molecule has 0 aliphatic carbocycles. The van der Waals surface area contributed by atoms with Gasteiger partial charge in [0.15, 0.2) is 11.8 Å². The number of rotatable bonds is 42. The third-order valence-corrected chi connectivity index (χ3v) is 17.0. The fraction of sp³-hybridized carbons (Fsp3) is 0.587. The van der Waals surface area contributed by atoms with Crippen LogP contribution in [0, 0.1) is 5.92 Å². The molecule has 0 saturated carbocycles. The molecule has 95 heavy (non-hydrogen) atoms. The number of nitrogens with zero attached hydrogens (tertiary/aromatic N) is 5. The Kier molecular flexibility index (Phi) is 32.3. The summed E-state index contributed by atoms with van der Waals surface area (Å²) in [6.07, 6.45) is 4.24. The second-order valence-corrected chi connectivity index (χ2v) is 25.3. The summed E-state index contributed by atoms with van der Waals surface area (Å²) in [7, 11) is 0. The van der Waals surface area contributed by atoms with E-state index in [-0.39, 0.29) is 88.8 Å². The molecule has 0 radical (unpaired) electrons. The molecule has 32 heteroatoms. The zero-order valence-corrected chi connectivity index (χ0v) is 55.4. The van der Waals surface area contributed by atoms with E-state index in [1.807, 2.05) is 50.4 Å². The number of likely N-dealkylation sites (tertiary alicyclic amines) is 2. The Morgan fingerprint density at radius 3 is 1.68 bits per heavy atom. The molecular formula is C63H98N20O11S. The second kappa shape index (κ2) is 39.8. The molecule has 11 amide bonds. The predicted octanol–water partition coefficient (Wildman–Crippen LogP) is -2.36. The number of carbonyl (C=O) groups excluding carboxylic acids is 11. The maximum atomic E-state index is 14.9. The number of benzene rings is 2. The molecule has 2 fully saturated rings. The minimum Gasteiger partial charge on any atom is -0.370 e. The Balaban J connectivity index is 1.35. The molecule has 0 bridgehead atoms. The van der Waals surface area contributed by atoms with Gasteiger partial charge < -0.3 is 81.8 Å². The van der Waals surface area contributed by atoms with E-state index in [9.17, 15) is 52.7 Å². The average molecular weight is 1340 g/mol. The number of hydrogen-bond acceptors (Lipinski definition) is 18. The van der Waals surface area contributed by atoms with Crippen LogP contribution in [0.3, 0.4) is 0 Å². The number of nitrogens with one attached hydrogen (secondary N) is 8. The molecular weight excluding hydrogens is 1240 g/mol. The van der Waals surface area contributed by atoms with Crippen molar-refractivity contribution in [3.8, 4) is 0 Å². The molecule has 2 saturated heterocycles. The van der Waals surface area contributed by atoms with Crippen molar-refractivity contribution >= 4 is 82.7 Å². The number of aromatic nitrogens is 3. The van der Waals surface area contributed by atoms with Crippen LogP contribution < -0.4 is 77.4 Å². The van der Waals surface area contributed by atoms with Crippen molar-refractivity contribution in [2.75, 3.05) is 38.2 Å². The number of aliphatic imine (C=N–C) groups is 1. The van der Waals surface area contributed by atoms with Crippen molar-refractivity contribution in [2.45, 2.75) is 190 Å². The molecule has 2 aromatic carbocycles. The van der Waals surface area contributed by atoms with Gasteiger partial charge in [-0.15, -0.1) is 0 Å². The van der Waals surface area contributed by atoms with Gasteiger partial charge in [-0.3, -0.25) is 68.1 Å². The Labute approximate surface area is 558 Å². The van der Waals surface area contributed by atoms with Crippen molar-refractivity contribution in [3.05, 3.63) is 83.4 Å². The highest BCUT2D eigenvalue weighted by atomic mass is 32.2. The topological polar surface area (TPSA) is 515 Å². The van der Waals surface area contributed by atoms with Gasteiger partial charge in [-0.05, 0) is 119 Å². The van der Waals surface area contributed by atoms with Gasteiger partial charge in [-0.2, -0.15) is 16.9 Å². The quantitative estimate of drug-likeness (QED) is 0.0160. The lowest BCUT2D eigenvalue weighted by molar-refractivity contribution is -0.144. The number of hydrogen-bond donors (Lipinski definition) is 15. The molecule has 3 heterocycles. The zero-order chi connectivity index (χ0) is 69.6. The highest BCUT2D eigenvalue weighted by Crippen LogP contribution is 2.24. The van der Waals surface area contributed by atoms with E-state index >= 15 is 0 Å². The van der Waals surface area contributed by atoms with Crippen LogP contribution in [0.2, 0.25) is 0 Å². The van der Waals surface area contributed by atoms with Crippen LogP contribution in [0.25, 0.3) is 0 Å². The van der Waals surface area contributed by atoms with Gasteiger partial charge in [0.2, 0.25) is 65.0 Å². The lowest BCUT2D eigenvalue weighted by atomic mass is 10.0. The van der Waals surface area contributed by atoms with Crippen LogP contribution >= 0.6 is 11.8 Å². The fourth-order valence-corrected chi connectivity index (χ4v) is 11.8. The third-order valence-electron chi connectivity index (χ3n) is 16.3. The summed E-state index contributed by atoms with van der Waals surface area (Å²) in [5.74, 6) is -6.65. The lowest BCUT2D eigenvalue weighted by Gasteiger charge is -2.32. The van der Waals surface area contributed by atoms with Crippen LogP contribution in [0.4, 0.5) is 0 Å². The maximum absolute atomic E-state index is 14.9. The van der Waals surface area contributed by atoms with E-state index in [1.54, 1.807) is 30.3 Å². The maximum Gasteiger partial charge on any atom is 0.245 e. The van der Waals surface area contributed by atoms with Crippen LogP contribution in [-0.2, 0) is 72.1 Å². The Hall–Kier alpha value is -8.75. The molecule has 0 unspecified atom stereocenters. The Bertz CT molecular complexity index is 3060. The van der Waals surface area contributed by atoms with E-state index in [0.717, 1.165) is 5.56 Å². The molecule has 10 atom stereocenters. The number of aromatic amines is 1. The third kappa shape index (κ3) is 25.8. The first-order chi connectivity index (χ1) is 45.4. The molecule has 2 aliphatic rings. The van der Waals surface area contributed by atoms with Crippen molar-refractivity contribution in [2.24, 2.45) is 51.0 Å². The van der Waals surface area contributed by atoms with Crippen molar-refractivity contribution in [1.29, 1.82) is 0 Å². The van der Waals surface area contributed by atoms with Gasteiger partial charge in [0.25, 0.3) is 0 Å². The number of primary amides is 3. The predicted molar refractivity (Wildman–Crippen MR) is 357 cm³/mol. The lowest BCUT2D eigenvalue weighted by Crippen LogP contribution is -2.59. The Morgan fingerprint density at radius 2 is 1.14 bits per heavy atom. The highest BCUT2D eigenvalue weighted by molar-refractivity contribution is 7.98. The molecule has 5 rings (SSSR count). The van der Waals surface area contributed by atoms with Gasteiger partial charge in [0, 0.05) is 45.3 Å². The molecule has 2 aliphatic heterocycles. The minimum absolute atomic E-state index is 0.0268. The minimum atomic E-state index is -1.57. The van der Waals surface area contributed by atoms with Crippen LogP contribution in [-0.4, -0.2) is 188 Å². The SMILES string of the molecule is CSCC[C@H](NC(=O)[C@H](CC(C)C)NCc1nc([C@H](Cc2ccccc2)NC(=O)[C@H](Cc2ccccc2)NC(=O)[C@H](CCC(N)=O)NC(=O)[C@H](CCC(N)=O)NC(=O)[C@@H]2CCCN2C(=O)[C@H](CCCCN)NC(=O)[C@@H]2CCCN2C(=O)[C@@H](N)CCCN=C(N)N)n[nH]1)C(N)=O. The normalized spacial score (nSPS) is 17.0. The van der Waals surface area contributed by atoms with Gasteiger partial charge in [0.05, 0.1) is 24.7 Å². The van der Waals surface area contributed by atoms with Crippen molar-refractivity contribution in [1.82, 2.24) is 62.2 Å². The summed E-state index contributed by atoms with van der Waals surface area (Å²) in [6, 6.07) is 6.73. The van der Waals surface area contributed by atoms with E-state index in [2.05, 4.69) is 52.4 Å². The Morgan fingerprint density at radius 1 is 0.611 bits per heavy atom. The molecule has 22 N–H and O–H groups in total.